The summed E-state index contributed by atoms with van der Waals surface area (Å²) in [6.45, 7) is 5.79. The van der Waals surface area contributed by atoms with Crippen LogP contribution in [-0.2, 0) is 26.5 Å². The van der Waals surface area contributed by atoms with Crippen LogP contribution in [0, 0.1) is 5.92 Å². The zero-order valence-corrected chi connectivity index (χ0v) is 25.2. The van der Waals surface area contributed by atoms with Crippen molar-refractivity contribution < 1.29 is 33.7 Å². The van der Waals surface area contributed by atoms with Crippen molar-refractivity contribution in [3.8, 4) is 11.5 Å². The molecule has 42 heavy (non-hydrogen) atoms. The molecule has 2 amide bonds. The average molecular weight is 589 g/mol. The molecule has 4 atom stereocenters. The summed E-state index contributed by atoms with van der Waals surface area (Å²) >= 11 is 0. The van der Waals surface area contributed by atoms with E-state index in [1.54, 1.807) is 16.9 Å². The second kappa shape index (κ2) is 10.5. The van der Waals surface area contributed by atoms with E-state index < -0.39 is 20.0 Å². The highest BCUT2D eigenvalue weighted by Crippen LogP contribution is 2.60. The molecule has 3 aliphatic rings. The van der Waals surface area contributed by atoms with E-state index >= 15 is 0 Å². The maximum Gasteiger partial charge on any atom is 0.269 e. The summed E-state index contributed by atoms with van der Waals surface area (Å²) in [5.41, 5.74) is 2.03. The molecule has 0 radical (unpaired) electrons. The van der Waals surface area contributed by atoms with Gasteiger partial charge in [0, 0.05) is 29.3 Å². The third-order valence-corrected chi connectivity index (χ3v) is 11.3. The number of amides is 2. The van der Waals surface area contributed by atoms with Gasteiger partial charge in [0.2, 0.25) is 0 Å². The molecule has 220 valence electrons. The average Bonchev–Trinajstić information content (AvgIpc) is 3.39. The third-order valence-electron chi connectivity index (χ3n) is 8.82. The van der Waals surface area contributed by atoms with Crippen molar-refractivity contribution in [1.29, 1.82) is 0 Å². The molecule has 0 aliphatic carbocycles. The number of anilines is 3. The lowest BCUT2D eigenvalue weighted by Crippen LogP contribution is -2.46. The molecule has 1 spiro atoms. The van der Waals surface area contributed by atoms with Crippen LogP contribution in [0.25, 0.3) is 0 Å². The lowest BCUT2D eigenvalue weighted by Gasteiger charge is -2.32. The summed E-state index contributed by atoms with van der Waals surface area (Å²) in [5.74, 6) is 0.520. The summed E-state index contributed by atoms with van der Waals surface area (Å²) in [6, 6.07) is 20.6. The maximum atomic E-state index is 14.6. The van der Waals surface area contributed by atoms with Gasteiger partial charge in [0.1, 0.15) is 11.5 Å². The Bertz CT molecular complexity index is 1540. The standard InChI is InChI=1S/C32H36N2O7Si/c1-20-30(42(3,4)38)28(14-15-35)41-32(20)24-17-23(39-2)12-13-25(24)33(31(32)37)18-21-8-7-9-22(16-21)34-26-10-5-6-11-27(26)40-19-29(34)36/h5-13,16-17,20,28,30,35,38H,14-15,18-19H2,1-4H3/t20-,28+,30-,32+/m1/s1. The number of methoxy groups -OCH3 is 1. The van der Waals surface area contributed by atoms with Crippen LogP contribution < -0.4 is 19.3 Å². The SMILES string of the molecule is COc1ccc2c(c1)[C@]1(O[C@@H](CCO)[C@H]([Si](C)(C)O)[C@H]1C)C(=O)N2Cc1cccc(N2C(=O)COc3ccccc32)c1. The molecule has 0 unspecified atom stereocenters. The zero-order valence-electron chi connectivity index (χ0n) is 24.2. The minimum Gasteiger partial charge on any atom is -0.497 e. The quantitative estimate of drug-likeness (QED) is 0.392. The highest BCUT2D eigenvalue weighted by molar-refractivity contribution is 6.71. The maximum absolute atomic E-state index is 14.6. The Morgan fingerprint density at radius 2 is 1.83 bits per heavy atom. The molecule has 0 bridgehead atoms. The molecule has 9 nitrogen and oxygen atoms in total. The number of rotatable bonds is 7. The molecule has 1 fully saturated rings. The van der Waals surface area contributed by atoms with Gasteiger partial charge in [-0.2, -0.15) is 0 Å². The number of aliphatic hydroxyl groups excluding tert-OH is 1. The lowest BCUT2D eigenvalue weighted by atomic mass is 9.82. The first kappa shape index (κ1) is 28.4. The molecule has 3 aromatic carbocycles. The van der Waals surface area contributed by atoms with Crippen molar-refractivity contribution in [3.63, 3.8) is 0 Å². The Morgan fingerprint density at radius 1 is 1.05 bits per heavy atom. The normalized spacial score (nSPS) is 25.0. The molecule has 10 heteroatoms. The minimum absolute atomic E-state index is 0.0561. The van der Waals surface area contributed by atoms with Crippen LogP contribution in [0.5, 0.6) is 11.5 Å². The van der Waals surface area contributed by atoms with Gasteiger partial charge >= 0.3 is 0 Å². The van der Waals surface area contributed by atoms with Gasteiger partial charge in [-0.05, 0) is 67.5 Å². The van der Waals surface area contributed by atoms with Crippen molar-refractivity contribution in [2.75, 3.05) is 30.1 Å². The van der Waals surface area contributed by atoms with E-state index in [0.717, 1.165) is 5.56 Å². The Labute approximate surface area is 246 Å². The second-order valence-corrected chi connectivity index (χ2v) is 15.8. The molecule has 3 aliphatic heterocycles. The number of carbonyl (C=O) groups excluding carboxylic acids is 2. The van der Waals surface area contributed by atoms with Crippen LogP contribution in [0.15, 0.2) is 66.7 Å². The van der Waals surface area contributed by atoms with Crippen LogP contribution in [0.3, 0.4) is 0 Å². The summed E-state index contributed by atoms with van der Waals surface area (Å²) in [7, 11) is -1.22. The first-order chi connectivity index (χ1) is 20.1. The van der Waals surface area contributed by atoms with E-state index in [1.807, 2.05) is 86.7 Å². The predicted octanol–water partition coefficient (Wildman–Crippen LogP) is 4.48. The lowest BCUT2D eigenvalue weighted by molar-refractivity contribution is -0.146. The fourth-order valence-corrected chi connectivity index (χ4v) is 9.70. The number of nitrogens with zero attached hydrogens (tertiary/aromatic N) is 2. The molecule has 0 saturated carbocycles. The number of hydrogen-bond donors (Lipinski definition) is 2. The zero-order chi connectivity index (χ0) is 29.8. The molecular formula is C32H36N2O7Si. The molecule has 3 aromatic rings. The van der Waals surface area contributed by atoms with Crippen molar-refractivity contribution in [3.05, 3.63) is 77.9 Å². The highest BCUT2D eigenvalue weighted by Gasteiger charge is 2.66. The first-order valence-electron chi connectivity index (χ1n) is 14.3. The van der Waals surface area contributed by atoms with Crippen molar-refractivity contribution in [2.45, 2.75) is 50.2 Å². The number of carbonyl (C=O) groups is 2. The topological polar surface area (TPSA) is 109 Å². The van der Waals surface area contributed by atoms with E-state index in [0.29, 0.717) is 40.5 Å². The predicted molar refractivity (Wildman–Crippen MR) is 161 cm³/mol. The Hall–Kier alpha value is -3.70. The summed E-state index contributed by atoms with van der Waals surface area (Å²) in [5, 5.41) is 9.83. The van der Waals surface area contributed by atoms with Gasteiger partial charge in [0.15, 0.2) is 20.5 Å². The van der Waals surface area contributed by atoms with Crippen LogP contribution >= 0.6 is 0 Å². The number of benzene rings is 3. The third kappa shape index (κ3) is 4.41. The van der Waals surface area contributed by atoms with Crippen molar-refractivity contribution >= 4 is 37.2 Å². The smallest absolute Gasteiger partial charge is 0.269 e. The fraction of sp³-hybridized carbons (Fsp3) is 0.375. The van der Waals surface area contributed by atoms with Crippen molar-refractivity contribution in [1.82, 2.24) is 0 Å². The molecule has 6 rings (SSSR count). The van der Waals surface area contributed by atoms with Crippen LogP contribution in [0.2, 0.25) is 18.6 Å². The van der Waals surface area contributed by atoms with E-state index in [4.69, 9.17) is 14.2 Å². The monoisotopic (exact) mass is 588 g/mol. The molecule has 0 aromatic heterocycles. The van der Waals surface area contributed by atoms with Crippen LogP contribution in [0.4, 0.5) is 17.1 Å². The first-order valence-corrected chi connectivity index (χ1v) is 17.3. The van der Waals surface area contributed by atoms with Crippen LogP contribution in [-0.4, -0.2) is 56.5 Å². The summed E-state index contributed by atoms with van der Waals surface area (Å²) < 4.78 is 17.8. The second-order valence-electron chi connectivity index (χ2n) is 11.8. The Morgan fingerprint density at radius 3 is 2.57 bits per heavy atom. The number of fused-ring (bicyclic) bond motifs is 3. The molecular weight excluding hydrogens is 552 g/mol. The van der Waals surface area contributed by atoms with E-state index in [-0.39, 0.29) is 43.0 Å². The van der Waals surface area contributed by atoms with Gasteiger partial charge in [-0.1, -0.05) is 31.2 Å². The van der Waals surface area contributed by atoms with Gasteiger partial charge in [-0.15, -0.1) is 0 Å². The largest absolute Gasteiger partial charge is 0.497 e. The van der Waals surface area contributed by atoms with Gasteiger partial charge in [0.25, 0.3) is 11.8 Å². The Kier molecular flexibility index (Phi) is 7.13. The van der Waals surface area contributed by atoms with E-state index in [1.165, 1.54) is 0 Å². The fourth-order valence-electron chi connectivity index (χ4n) is 7.10. The molecule has 1 saturated heterocycles. The van der Waals surface area contributed by atoms with Gasteiger partial charge in [0.05, 0.1) is 31.1 Å². The minimum atomic E-state index is -2.80. The number of hydrogen-bond acceptors (Lipinski definition) is 7. The molecule has 2 N–H and O–H groups in total. The van der Waals surface area contributed by atoms with E-state index in [9.17, 15) is 19.5 Å². The summed E-state index contributed by atoms with van der Waals surface area (Å²) in [4.78, 5) is 42.2. The van der Waals surface area contributed by atoms with Crippen molar-refractivity contribution in [2.24, 2.45) is 5.92 Å². The van der Waals surface area contributed by atoms with Gasteiger partial charge < -0.3 is 29.0 Å². The Balaban J connectivity index is 1.40. The van der Waals surface area contributed by atoms with Gasteiger partial charge in [-0.25, -0.2) is 0 Å². The number of ether oxygens (including phenoxy) is 3. The van der Waals surface area contributed by atoms with E-state index in [2.05, 4.69) is 0 Å². The molecule has 3 heterocycles. The number of aliphatic hydroxyl groups is 1. The highest BCUT2D eigenvalue weighted by atomic mass is 28.4. The summed E-state index contributed by atoms with van der Waals surface area (Å²) in [6.07, 6.45) is -0.132. The number of para-hydroxylation sites is 2. The van der Waals surface area contributed by atoms with Crippen LogP contribution in [0.1, 0.15) is 24.5 Å². The van der Waals surface area contributed by atoms with Gasteiger partial charge in [-0.3, -0.25) is 14.5 Å².